The van der Waals surface area contributed by atoms with Gasteiger partial charge in [0.1, 0.15) is 0 Å². The van der Waals surface area contributed by atoms with Crippen LogP contribution in [0.4, 0.5) is 0 Å². The molecule has 0 saturated carbocycles. The van der Waals surface area contributed by atoms with Gasteiger partial charge in [0.05, 0.1) is 0 Å². The van der Waals surface area contributed by atoms with Crippen LogP contribution in [-0.4, -0.2) is 18.5 Å². The Morgan fingerprint density at radius 3 is 1.87 bits per heavy atom. The minimum Gasteiger partial charge on any atom is -0.370 e. The van der Waals surface area contributed by atoms with Gasteiger partial charge >= 0.3 is 0 Å². The van der Waals surface area contributed by atoms with Crippen molar-refractivity contribution in [3.05, 3.63) is 71.8 Å². The largest absolute Gasteiger partial charge is 0.370 e. The Morgan fingerprint density at radius 1 is 0.957 bits per heavy atom. The number of halogens is 1. The van der Waals surface area contributed by atoms with E-state index in [0.29, 0.717) is 24.5 Å². The Balaban J connectivity index is 0.00000264. The molecule has 4 heteroatoms. The lowest BCUT2D eigenvalue weighted by Gasteiger charge is -2.17. The Hall–Kier alpha value is -1.56. The molecule has 23 heavy (non-hydrogen) atoms. The van der Waals surface area contributed by atoms with Gasteiger partial charge in [-0.05, 0) is 31.4 Å². The van der Waals surface area contributed by atoms with Gasteiger partial charge in [-0.25, -0.2) is 0 Å². The predicted molar refractivity (Wildman–Crippen MR) is 110 cm³/mol. The van der Waals surface area contributed by atoms with Crippen molar-refractivity contribution in [2.45, 2.75) is 32.2 Å². The number of benzene rings is 2. The topological polar surface area (TPSA) is 50.4 Å². The van der Waals surface area contributed by atoms with Crippen molar-refractivity contribution >= 4 is 29.9 Å². The third kappa shape index (κ3) is 6.60. The molecule has 0 spiro atoms. The highest BCUT2D eigenvalue weighted by molar-refractivity contribution is 14.0. The zero-order valence-electron chi connectivity index (χ0n) is 13.8. The number of nitrogens with zero attached hydrogens (tertiary/aromatic N) is 1. The second-order valence-electron chi connectivity index (χ2n) is 5.73. The normalized spacial score (nSPS) is 11.4. The molecule has 2 rings (SSSR count). The summed E-state index contributed by atoms with van der Waals surface area (Å²) in [5, 5.41) is 3.12. The second-order valence-corrected chi connectivity index (χ2v) is 5.73. The molecular formula is C19H26IN3. The molecule has 2 aromatic carbocycles. The van der Waals surface area contributed by atoms with E-state index in [1.807, 2.05) is 12.1 Å². The van der Waals surface area contributed by atoms with Crippen molar-refractivity contribution in [3.63, 3.8) is 0 Å². The van der Waals surface area contributed by atoms with Crippen molar-refractivity contribution in [1.82, 2.24) is 5.32 Å². The van der Waals surface area contributed by atoms with Crippen molar-refractivity contribution < 1.29 is 0 Å². The van der Waals surface area contributed by atoms with Crippen LogP contribution in [0.1, 0.15) is 37.3 Å². The predicted octanol–water partition coefficient (Wildman–Crippen LogP) is 4.14. The number of nitrogens with two attached hydrogens (primary N) is 1. The Morgan fingerprint density at radius 2 is 1.43 bits per heavy atom. The van der Waals surface area contributed by atoms with E-state index in [1.54, 1.807) is 0 Å². The molecule has 3 nitrogen and oxygen atoms in total. The standard InChI is InChI=1S/C19H25N3.HI/c1-15(2)22-19(20)21-14-13-18(16-9-5-3-6-10-16)17-11-7-4-8-12-17;/h3-12,15,18H,13-14H2,1-2H3,(H3,20,21,22);1H. The smallest absolute Gasteiger partial charge is 0.188 e. The van der Waals surface area contributed by atoms with E-state index in [4.69, 9.17) is 5.73 Å². The summed E-state index contributed by atoms with van der Waals surface area (Å²) in [5.41, 5.74) is 8.51. The number of hydrogen-bond donors (Lipinski definition) is 2. The highest BCUT2D eigenvalue weighted by atomic mass is 127. The third-order valence-corrected chi connectivity index (χ3v) is 3.54. The zero-order chi connectivity index (χ0) is 15.8. The molecule has 0 saturated heterocycles. The lowest BCUT2D eigenvalue weighted by molar-refractivity contribution is 0.701. The van der Waals surface area contributed by atoms with Gasteiger partial charge in [-0.3, -0.25) is 4.99 Å². The van der Waals surface area contributed by atoms with Crippen LogP contribution in [0.25, 0.3) is 0 Å². The quantitative estimate of drug-likeness (QED) is 0.417. The lowest BCUT2D eigenvalue weighted by atomic mass is 9.89. The van der Waals surface area contributed by atoms with E-state index in [0.717, 1.165) is 6.42 Å². The molecule has 2 aromatic rings. The number of aliphatic imine (C=N–C) groups is 1. The van der Waals surface area contributed by atoms with Crippen LogP contribution < -0.4 is 11.1 Å². The molecule has 0 aliphatic heterocycles. The maximum atomic E-state index is 5.88. The van der Waals surface area contributed by atoms with Crippen LogP contribution in [0.3, 0.4) is 0 Å². The van der Waals surface area contributed by atoms with Crippen LogP contribution >= 0.6 is 24.0 Å². The summed E-state index contributed by atoms with van der Waals surface area (Å²) >= 11 is 0. The Labute approximate surface area is 156 Å². The first-order valence-corrected chi connectivity index (χ1v) is 7.83. The van der Waals surface area contributed by atoms with Gasteiger partial charge in [0.2, 0.25) is 0 Å². The lowest BCUT2D eigenvalue weighted by Crippen LogP contribution is -2.36. The van der Waals surface area contributed by atoms with Crippen molar-refractivity contribution in [3.8, 4) is 0 Å². The molecule has 124 valence electrons. The summed E-state index contributed by atoms with van der Waals surface area (Å²) in [5.74, 6) is 0.868. The molecular weight excluding hydrogens is 397 g/mol. The molecule has 3 N–H and O–H groups in total. The SMILES string of the molecule is CC(C)NC(N)=NCCC(c1ccccc1)c1ccccc1.I. The maximum absolute atomic E-state index is 5.88. The van der Waals surface area contributed by atoms with Crippen LogP contribution in [-0.2, 0) is 0 Å². The number of nitrogens with one attached hydrogen (secondary N) is 1. The molecule has 0 radical (unpaired) electrons. The summed E-state index contributed by atoms with van der Waals surface area (Å²) in [4.78, 5) is 4.44. The van der Waals surface area contributed by atoms with Gasteiger partial charge in [-0.1, -0.05) is 60.7 Å². The van der Waals surface area contributed by atoms with E-state index >= 15 is 0 Å². The van der Waals surface area contributed by atoms with Gasteiger partial charge in [-0.2, -0.15) is 0 Å². The summed E-state index contributed by atoms with van der Waals surface area (Å²) < 4.78 is 0. The molecule has 0 aliphatic carbocycles. The zero-order valence-corrected chi connectivity index (χ0v) is 16.1. The summed E-state index contributed by atoms with van der Waals surface area (Å²) in [6.07, 6.45) is 0.939. The first-order chi connectivity index (χ1) is 10.7. The Bertz CT molecular complexity index is 543. The molecule has 0 amide bonds. The summed E-state index contributed by atoms with van der Waals surface area (Å²) in [7, 11) is 0. The molecule has 0 unspecified atom stereocenters. The van der Waals surface area contributed by atoms with Gasteiger partial charge in [0, 0.05) is 18.5 Å². The molecule has 0 aromatic heterocycles. The van der Waals surface area contributed by atoms with Gasteiger partial charge in [-0.15, -0.1) is 24.0 Å². The van der Waals surface area contributed by atoms with Crippen molar-refractivity contribution in [2.75, 3.05) is 6.54 Å². The minimum absolute atomic E-state index is 0. The molecule has 0 atom stereocenters. The minimum atomic E-state index is 0. The number of hydrogen-bond acceptors (Lipinski definition) is 1. The molecule has 0 aliphatic rings. The van der Waals surface area contributed by atoms with E-state index in [9.17, 15) is 0 Å². The fourth-order valence-electron chi connectivity index (χ4n) is 2.55. The second kappa shape index (κ2) is 10.3. The van der Waals surface area contributed by atoms with Gasteiger partial charge < -0.3 is 11.1 Å². The number of guanidine groups is 1. The fourth-order valence-corrected chi connectivity index (χ4v) is 2.55. The summed E-state index contributed by atoms with van der Waals surface area (Å²) in [6.45, 7) is 4.82. The third-order valence-electron chi connectivity index (χ3n) is 3.54. The fraction of sp³-hybridized carbons (Fsp3) is 0.316. The molecule has 0 heterocycles. The van der Waals surface area contributed by atoms with Crippen molar-refractivity contribution in [1.29, 1.82) is 0 Å². The van der Waals surface area contributed by atoms with E-state index in [1.165, 1.54) is 11.1 Å². The maximum Gasteiger partial charge on any atom is 0.188 e. The van der Waals surface area contributed by atoms with E-state index in [-0.39, 0.29) is 24.0 Å². The first kappa shape index (κ1) is 19.5. The van der Waals surface area contributed by atoms with Gasteiger partial charge in [0.15, 0.2) is 5.96 Å². The molecule has 0 fully saturated rings. The average molecular weight is 423 g/mol. The van der Waals surface area contributed by atoms with Crippen molar-refractivity contribution in [2.24, 2.45) is 10.7 Å². The van der Waals surface area contributed by atoms with E-state index in [2.05, 4.69) is 72.7 Å². The van der Waals surface area contributed by atoms with Crippen LogP contribution in [0.5, 0.6) is 0 Å². The van der Waals surface area contributed by atoms with Crippen LogP contribution in [0, 0.1) is 0 Å². The highest BCUT2D eigenvalue weighted by Crippen LogP contribution is 2.27. The average Bonchev–Trinajstić information content (AvgIpc) is 2.52. The van der Waals surface area contributed by atoms with Crippen LogP contribution in [0.2, 0.25) is 0 Å². The summed E-state index contributed by atoms with van der Waals surface area (Å²) in [6, 6.07) is 21.5. The van der Waals surface area contributed by atoms with Gasteiger partial charge in [0.25, 0.3) is 0 Å². The van der Waals surface area contributed by atoms with E-state index < -0.39 is 0 Å². The highest BCUT2D eigenvalue weighted by Gasteiger charge is 2.13. The molecule has 0 bridgehead atoms. The monoisotopic (exact) mass is 423 g/mol. The van der Waals surface area contributed by atoms with Crippen LogP contribution in [0.15, 0.2) is 65.7 Å². The Kier molecular flexibility index (Phi) is 8.69. The number of rotatable bonds is 6. The first-order valence-electron chi connectivity index (χ1n) is 7.83.